The van der Waals surface area contributed by atoms with Gasteiger partial charge in [0.25, 0.3) is 0 Å². The number of anilines is 2. The molecule has 0 bridgehead atoms. The maximum atomic E-state index is 11.5. The third-order valence-electron chi connectivity index (χ3n) is 3.20. The highest BCUT2D eigenvalue weighted by molar-refractivity contribution is 6.10. The van der Waals surface area contributed by atoms with E-state index in [1.54, 1.807) is 6.07 Å². The van der Waals surface area contributed by atoms with Gasteiger partial charge in [-0.3, -0.25) is 0 Å². The fourth-order valence-electron chi connectivity index (χ4n) is 2.35. The van der Waals surface area contributed by atoms with E-state index >= 15 is 0 Å². The van der Waals surface area contributed by atoms with Crippen LogP contribution in [0.3, 0.4) is 0 Å². The number of carboxylic acid groups (broad SMARTS) is 1. The van der Waals surface area contributed by atoms with Crippen LogP contribution in [0.1, 0.15) is 10.4 Å². The molecule has 0 radical (unpaired) electrons. The molecule has 0 amide bonds. The lowest BCUT2D eigenvalue weighted by Crippen LogP contribution is -2.05. The van der Waals surface area contributed by atoms with Crippen LogP contribution in [0.25, 0.3) is 22.0 Å². The third kappa shape index (κ3) is 2.12. The van der Waals surface area contributed by atoms with Crippen molar-refractivity contribution in [2.24, 2.45) is 0 Å². The molecule has 0 saturated carbocycles. The van der Waals surface area contributed by atoms with E-state index in [1.807, 2.05) is 30.3 Å². The number of rotatable bonds is 2. The number of benzene rings is 2. The van der Waals surface area contributed by atoms with Crippen LogP contribution in [0.4, 0.5) is 11.8 Å². The molecule has 2 aromatic carbocycles. The molecule has 0 unspecified atom stereocenters. The molecule has 3 aromatic rings. The Bertz CT molecular complexity index is 847. The number of aromatic carboxylic acids is 1. The highest BCUT2D eigenvalue weighted by Gasteiger charge is 2.18. The predicted molar refractivity (Wildman–Crippen MR) is 80.8 cm³/mol. The Kier molecular flexibility index (Phi) is 2.91. The smallest absolute Gasteiger partial charge is 0.336 e. The van der Waals surface area contributed by atoms with Crippen LogP contribution in [-0.4, -0.2) is 21.0 Å². The van der Waals surface area contributed by atoms with E-state index in [0.29, 0.717) is 16.5 Å². The first-order valence-corrected chi connectivity index (χ1v) is 6.22. The van der Waals surface area contributed by atoms with E-state index < -0.39 is 5.97 Å². The Labute approximate surface area is 120 Å². The Morgan fingerprint density at radius 1 is 1.00 bits per heavy atom. The molecule has 1 aromatic heterocycles. The van der Waals surface area contributed by atoms with E-state index in [0.717, 1.165) is 5.56 Å². The largest absolute Gasteiger partial charge is 0.478 e. The van der Waals surface area contributed by atoms with Crippen molar-refractivity contribution in [2.75, 3.05) is 11.5 Å². The molecule has 0 fully saturated rings. The number of hydrogen-bond donors (Lipinski definition) is 3. The zero-order valence-corrected chi connectivity index (χ0v) is 10.9. The molecule has 21 heavy (non-hydrogen) atoms. The molecular formula is C15H12N4O2. The van der Waals surface area contributed by atoms with Crippen LogP contribution < -0.4 is 11.5 Å². The summed E-state index contributed by atoms with van der Waals surface area (Å²) in [4.78, 5) is 19.6. The van der Waals surface area contributed by atoms with Gasteiger partial charge < -0.3 is 16.6 Å². The number of aromatic nitrogens is 2. The number of nitrogens with zero attached hydrogens (tertiary/aromatic N) is 2. The van der Waals surface area contributed by atoms with Crippen molar-refractivity contribution < 1.29 is 9.90 Å². The predicted octanol–water partition coefficient (Wildman–Crippen LogP) is 2.16. The minimum absolute atomic E-state index is 0.0575. The molecule has 0 aliphatic carbocycles. The van der Waals surface area contributed by atoms with Crippen molar-refractivity contribution in [3.8, 4) is 11.1 Å². The van der Waals surface area contributed by atoms with E-state index in [1.165, 1.54) is 6.07 Å². The van der Waals surface area contributed by atoms with Crippen LogP contribution in [0.2, 0.25) is 0 Å². The normalized spacial score (nSPS) is 10.7. The number of nitrogens with two attached hydrogens (primary N) is 2. The van der Waals surface area contributed by atoms with Gasteiger partial charge in [-0.05, 0) is 17.7 Å². The topological polar surface area (TPSA) is 115 Å². The van der Waals surface area contributed by atoms with E-state index in [9.17, 15) is 9.90 Å². The summed E-state index contributed by atoms with van der Waals surface area (Å²) in [6.07, 6.45) is 0. The van der Waals surface area contributed by atoms with Gasteiger partial charge in [0, 0.05) is 5.56 Å². The highest BCUT2D eigenvalue weighted by atomic mass is 16.4. The summed E-state index contributed by atoms with van der Waals surface area (Å²) in [6.45, 7) is 0. The quantitative estimate of drug-likeness (QED) is 0.662. The molecule has 0 atom stereocenters. The van der Waals surface area contributed by atoms with E-state index in [-0.39, 0.29) is 17.3 Å². The third-order valence-corrected chi connectivity index (χ3v) is 3.20. The summed E-state index contributed by atoms with van der Waals surface area (Å²) in [5.74, 6) is -0.812. The molecule has 104 valence electrons. The fraction of sp³-hybridized carbons (Fsp3) is 0. The standard InChI is InChI=1S/C15H12N4O2/c16-13-12-10(18-15(17)19-13)7-6-9(14(20)21)11(12)8-4-2-1-3-5-8/h1-7H,(H,20,21)(H4,16,17,18,19). The average Bonchev–Trinajstić information content (AvgIpc) is 2.46. The lowest BCUT2D eigenvalue weighted by molar-refractivity contribution is 0.0698. The summed E-state index contributed by atoms with van der Waals surface area (Å²) >= 11 is 0. The number of carboxylic acids is 1. The minimum atomic E-state index is -1.04. The molecule has 3 rings (SSSR count). The van der Waals surface area contributed by atoms with Gasteiger partial charge in [0.2, 0.25) is 5.95 Å². The van der Waals surface area contributed by atoms with E-state index in [4.69, 9.17) is 11.5 Å². The van der Waals surface area contributed by atoms with Gasteiger partial charge in [-0.1, -0.05) is 30.3 Å². The molecule has 5 N–H and O–H groups in total. The van der Waals surface area contributed by atoms with Gasteiger partial charge in [0.05, 0.1) is 16.5 Å². The molecule has 6 nitrogen and oxygen atoms in total. The van der Waals surface area contributed by atoms with Gasteiger partial charge in [0.1, 0.15) is 5.82 Å². The van der Waals surface area contributed by atoms with Crippen LogP contribution >= 0.6 is 0 Å². The van der Waals surface area contributed by atoms with Crippen molar-refractivity contribution in [3.63, 3.8) is 0 Å². The zero-order chi connectivity index (χ0) is 15.0. The van der Waals surface area contributed by atoms with Crippen LogP contribution in [0.15, 0.2) is 42.5 Å². The summed E-state index contributed by atoms with van der Waals surface area (Å²) in [5, 5.41) is 9.92. The van der Waals surface area contributed by atoms with Crippen molar-refractivity contribution in [3.05, 3.63) is 48.0 Å². The minimum Gasteiger partial charge on any atom is -0.478 e. The van der Waals surface area contributed by atoms with Crippen LogP contribution in [0.5, 0.6) is 0 Å². The van der Waals surface area contributed by atoms with Crippen molar-refractivity contribution in [1.29, 1.82) is 0 Å². The average molecular weight is 280 g/mol. The molecule has 0 aliphatic rings. The van der Waals surface area contributed by atoms with Crippen molar-refractivity contribution in [2.45, 2.75) is 0 Å². The molecule has 6 heteroatoms. The summed E-state index contributed by atoms with van der Waals surface area (Å²) < 4.78 is 0. The van der Waals surface area contributed by atoms with Gasteiger partial charge in [-0.2, -0.15) is 4.98 Å². The van der Waals surface area contributed by atoms with Crippen LogP contribution in [-0.2, 0) is 0 Å². The monoisotopic (exact) mass is 280 g/mol. The maximum Gasteiger partial charge on any atom is 0.336 e. The van der Waals surface area contributed by atoms with E-state index in [2.05, 4.69) is 9.97 Å². The zero-order valence-electron chi connectivity index (χ0n) is 10.9. The second-order valence-electron chi connectivity index (χ2n) is 4.52. The Balaban J connectivity index is 2.48. The van der Waals surface area contributed by atoms with Crippen molar-refractivity contribution >= 4 is 28.6 Å². The first-order chi connectivity index (χ1) is 10.1. The molecule has 0 spiro atoms. The Morgan fingerprint density at radius 2 is 1.71 bits per heavy atom. The Hall–Kier alpha value is -3.15. The second-order valence-corrected chi connectivity index (χ2v) is 4.52. The summed E-state index contributed by atoms with van der Waals surface area (Å²) in [6, 6.07) is 12.2. The molecule has 0 aliphatic heterocycles. The first kappa shape index (κ1) is 12.9. The number of carbonyl (C=O) groups is 1. The molecular weight excluding hydrogens is 268 g/mol. The first-order valence-electron chi connectivity index (χ1n) is 6.22. The Morgan fingerprint density at radius 3 is 2.38 bits per heavy atom. The van der Waals surface area contributed by atoms with Gasteiger partial charge in [-0.25, -0.2) is 9.78 Å². The number of hydrogen-bond acceptors (Lipinski definition) is 5. The van der Waals surface area contributed by atoms with Gasteiger partial charge in [-0.15, -0.1) is 0 Å². The maximum absolute atomic E-state index is 11.5. The second kappa shape index (κ2) is 4.75. The summed E-state index contributed by atoms with van der Waals surface area (Å²) in [5.41, 5.74) is 13.4. The SMILES string of the molecule is Nc1nc(N)c2c(-c3ccccc3)c(C(=O)O)ccc2n1. The van der Waals surface area contributed by atoms with Crippen molar-refractivity contribution in [1.82, 2.24) is 9.97 Å². The molecule has 0 saturated heterocycles. The van der Waals surface area contributed by atoms with Gasteiger partial charge >= 0.3 is 5.97 Å². The summed E-state index contributed by atoms with van der Waals surface area (Å²) in [7, 11) is 0. The molecule has 1 heterocycles. The lowest BCUT2D eigenvalue weighted by atomic mass is 9.95. The lowest BCUT2D eigenvalue weighted by Gasteiger charge is -2.12. The fourth-order valence-corrected chi connectivity index (χ4v) is 2.35. The van der Waals surface area contributed by atoms with Crippen LogP contribution in [0, 0.1) is 0 Å². The number of fused-ring (bicyclic) bond motifs is 1. The highest BCUT2D eigenvalue weighted by Crippen LogP contribution is 2.34. The number of nitrogen functional groups attached to an aromatic ring is 2. The van der Waals surface area contributed by atoms with Gasteiger partial charge in [0.15, 0.2) is 0 Å².